The molecule has 24 heavy (non-hydrogen) atoms. The van der Waals surface area contributed by atoms with Gasteiger partial charge in [0.2, 0.25) is 0 Å². The second-order valence-electron chi connectivity index (χ2n) is 4.93. The summed E-state index contributed by atoms with van der Waals surface area (Å²) >= 11 is 5.94. The number of carbonyl (C=O) groups is 1. The van der Waals surface area contributed by atoms with Crippen molar-refractivity contribution in [2.75, 3.05) is 13.2 Å². The highest BCUT2D eigenvalue weighted by Crippen LogP contribution is 2.22. The monoisotopic (exact) mass is 346 g/mol. The summed E-state index contributed by atoms with van der Waals surface area (Å²) in [6, 6.07) is 14.4. The molecule has 0 aliphatic carbocycles. The van der Waals surface area contributed by atoms with Crippen LogP contribution < -0.4 is 14.9 Å². The van der Waals surface area contributed by atoms with E-state index in [1.54, 1.807) is 30.5 Å². The minimum absolute atomic E-state index is 0.166. The number of hydrogen-bond donors (Lipinski definition) is 1. The molecule has 0 spiro atoms. The SMILES string of the molecule is CCCOc1cccc(/C=N/NC(=O)COc2ccccc2Cl)c1. The molecule has 0 unspecified atom stereocenters. The molecule has 1 amide bonds. The summed E-state index contributed by atoms with van der Waals surface area (Å²) in [6.45, 7) is 2.54. The lowest BCUT2D eigenvalue weighted by atomic mass is 10.2. The molecule has 0 radical (unpaired) electrons. The zero-order valence-electron chi connectivity index (χ0n) is 13.4. The van der Waals surface area contributed by atoms with Crippen molar-refractivity contribution in [2.24, 2.45) is 5.10 Å². The Hall–Kier alpha value is -2.53. The summed E-state index contributed by atoms with van der Waals surface area (Å²) in [6.07, 6.45) is 2.49. The smallest absolute Gasteiger partial charge is 0.277 e. The van der Waals surface area contributed by atoms with E-state index in [-0.39, 0.29) is 12.5 Å². The van der Waals surface area contributed by atoms with Crippen LogP contribution in [0.25, 0.3) is 0 Å². The Bertz CT molecular complexity index is 704. The minimum Gasteiger partial charge on any atom is -0.494 e. The van der Waals surface area contributed by atoms with Crippen LogP contribution >= 0.6 is 11.6 Å². The number of hydrogen-bond acceptors (Lipinski definition) is 4. The van der Waals surface area contributed by atoms with Crippen LogP contribution in [0.1, 0.15) is 18.9 Å². The lowest BCUT2D eigenvalue weighted by Gasteiger charge is -2.06. The molecular formula is C18H19ClN2O3. The van der Waals surface area contributed by atoms with E-state index in [2.05, 4.69) is 10.5 Å². The molecule has 126 valence electrons. The van der Waals surface area contributed by atoms with Gasteiger partial charge in [-0.1, -0.05) is 42.8 Å². The molecule has 2 aromatic carbocycles. The molecule has 2 rings (SSSR count). The van der Waals surface area contributed by atoms with E-state index in [0.717, 1.165) is 17.7 Å². The van der Waals surface area contributed by atoms with Crippen molar-refractivity contribution in [3.8, 4) is 11.5 Å². The molecule has 0 saturated carbocycles. The van der Waals surface area contributed by atoms with E-state index in [1.807, 2.05) is 31.2 Å². The van der Waals surface area contributed by atoms with Gasteiger partial charge in [0.05, 0.1) is 17.8 Å². The predicted octanol–water partition coefficient (Wildman–Crippen LogP) is 3.66. The van der Waals surface area contributed by atoms with Crippen molar-refractivity contribution >= 4 is 23.7 Å². The van der Waals surface area contributed by atoms with E-state index in [0.29, 0.717) is 17.4 Å². The van der Waals surface area contributed by atoms with Crippen molar-refractivity contribution in [1.29, 1.82) is 0 Å². The van der Waals surface area contributed by atoms with Gasteiger partial charge in [0, 0.05) is 0 Å². The van der Waals surface area contributed by atoms with Crippen LogP contribution in [0.2, 0.25) is 5.02 Å². The zero-order chi connectivity index (χ0) is 17.2. The highest BCUT2D eigenvalue weighted by Gasteiger charge is 2.04. The standard InChI is InChI=1S/C18H19ClN2O3/c1-2-10-23-15-7-5-6-14(11-15)12-20-21-18(22)13-24-17-9-4-3-8-16(17)19/h3-9,11-12H,2,10,13H2,1H3,(H,21,22)/b20-12+. The summed E-state index contributed by atoms with van der Waals surface area (Å²) in [7, 11) is 0. The van der Waals surface area contributed by atoms with Crippen molar-refractivity contribution in [3.05, 3.63) is 59.1 Å². The molecule has 2 aromatic rings. The van der Waals surface area contributed by atoms with Crippen LogP contribution in [0.15, 0.2) is 53.6 Å². The Balaban J connectivity index is 1.81. The Morgan fingerprint density at radius 2 is 2.04 bits per heavy atom. The van der Waals surface area contributed by atoms with Crippen molar-refractivity contribution in [1.82, 2.24) is 5.43 Å². The fraction of sp³-hybridized carbons (Fsp3) is 0.222. The first kappa shape index (κ1) is 17.8. The molecule has 6 heteroatoms. The number of para-hydroxylation sites is 1. The maximum Gasteiger partial charge on any atom is 0.277 e. The largest absolute Gasteiger partial charge is 0.494 e. The highest BCUT2D eigenvalue weighted by atomic mass is 35.5. The summed E-state index contributed by atoms with van der Waals surface area (Å²) in [4.78, 5) is 11.7. The molecule has 0 atom stereocenters. The van der Waals surface area contributed by atoms with Crippen molar-refractivity contribution in [3.63, 3.8) is 0 Å². The second kappa shape index (κ2) is 9.57. The van der Waals surface area contributed by atoms with Crippen LogP contribution in [0.5, 0.6) is 11.5 Å². The molecule has 0 aromatic heterocycles. The van der Waals surface area contributed by atoms with Crippen LogP contribution in [0, 0.1) is 0 Å². The number of rotatable bonds is 8. The van der Waals surface area contributed by atoms with Crippen LogP contribution in [-0.4, -0.2) is 25.3 Å². The molecule has 0 heterocycles. The van der Waals surface area contributed by atoms with Gasteiger partial charge in [-0.3, -0.25) is 4.79 Å². The Kier molecular flexibility index (Phi) is 7.11. The van der Waals surface area contributed by atoms with E-state index in [1.165, 1.54) is 0 Å². The van der Waals surface area contributed by atoms with Crippen molar-refractivity contribution in [2.45, 2.75) is 13.3 Å². The van der Waals surface area contributed by atoms with Gasteiger partial charge in [-0.25, -0.2) is 5.43 Å². The van der Waals surface area contributed by atoms with Crippen LogP contribution in [0.4, 0.5) is 0 Å². The Morgan fingerprint density at radius 3 is 2.83 bits per heavy atom. The molecule has 0 aliphatic heterocycles. The minimum atomic E-state index is -0.371. The number of hydrazone groups is 1. The molecule has 0 bridgehead atoms. The van der Waals surface area contributed by atoms with Gasteiger partial charge in [-0.2, -0.15) is 5.10 Å². The number of benzene rings is 2. The maximum absolute atomic E-state index is 11.7. The van der Waals surface area contributed by atoms with Crippen LogP contribution in [-0.2, 0) is 4.79 Å². The summed E-state index contributed by atoms with van der Waals surface area (Å²) in [5.41, 5.74) is 3.23. The first-order chi connectivity index (χ1) is 11.7. The lowest BCUT2D eigenvalue weighted by Crippen LogP contribution is -2.24. The Labute approximate surface area is 146 Å². The normalized spacial score (nSPS) is 10.6. The predicted molar refractivity (Wildman–Crippen MR) is 94.9 cm³/mol. The van der Waals surface area contributed by atoms with Gasteiger partial charge in [0.25, 0.3) is 5.91 Å². The van der Waals surface area contributed by atoms with Crippen molar-refractivity contribution < 1.29 is 14.3 Å². The fourth-order valence-electron chi connectivity index (χ4n) is 1.82. The number of nitrogens with zero attached hydrogens (tertiary/aromatic N) is 1. The molecule has 5 nitrogen and oxygen atoms in total. The quantitative estimate of drug-likeness (QED) is 0.586. The van der Waals surface area contributed by atoms with Crippen LogP contribution in [0.3, 0.4) is 0 Å². The Morgan fingerprint density at radius 1 is 1.21 bits per heavy atom. The number of nitrogens with one attached hydrogen (secondary N) is 1. The third-order valence-corrected chi connectivity index (χ3v) is 3.24. The molecule has 0 saturated heterocycles. The maximum atomic E-state index is 11.7. The topological polar surface area (TPSA) is 59.9 Å². The number of halogens is 1. The molecule has 0 fully saturated rings. The zero-order valence-corrected chi connectivity index (χ0v) is 14.1. The van der Waals surface area contributed by atoms with E-state index in [9.17, 15) is 4.79 Å². The summed E-state index contributed by atoms with van der Waals surface area (Å²) < 4.78 is 10.9. The molecule has 0 aliphatic rings. The van der Waals surface area contributed by atoms with Gasteiger partial charge < -0.3 is 9.47 Å². The number of amides is 1. The summed E-state index contributed by atoms with van der Waals surface area (Å²) in [5, 5.41) is 4.36. The number of ether oxygens (including phenoxy) is 2. The van der Waals surface area contributed by atoms with Gasteiger partial charge in [-0.05, 0) is 36.2 Å². The summed E-state index contributed by atoms with van der Waals surface area (Å²) in [5.74, 6) is 0.859. The van der Waals surface area contributed by atoms with Gasteiger partial charge in [0.15, 0.2) is 6.61 Å². The lowest BCUT2D eigenvalue weighted by molar-refractivity contribution is -0.123. The average Bonchev–Trinajstić information content (AvgIpc) is 2.60. The number of carbonyl (C=O) groups excluding carboxylic acids is 1. The average molecular weight is 347 g/mol. The third kappa shape index (κ3) is 5.93. The van der Waals surface area contributed by atoms with E-state index < -0.39 is 0 Å². The molecular weight excluding hydrogens is 328 g/mol. The first-order valence-electron chi connectivity index (χ1n) is 7.61. The highest BCUT2D eigenvalue weighted by molar-refractivity contribution is 6.32. The van der Waals surface area contributed by atoms with E-state index in [4.69, 9.17) is 21.1 Å². The second-order valence-corrected chi connectivity index (χ2v) is 5.34. The first-order valence-corrected chi connectivity index (χ1v) is 7.99. The van der Waals surface area contributed by atoms with Gasteiger partial charge in [0.1, 0.15) is 11.5 Å². The molecule has 1 N–H and O–H groups in total. The van der Waals surface area contributed by atoms with Gasteiger partial charge in [-0.15, -0.1) is 0 Å². The third-order valence-electron chi connectivity index (χ3n) is 2.93. The fourth-order valence-corrected chi connectivity index (χ4v) is 2.01. The van der Waals surface area contributed by atoms with Gasteiger partial charge >= 0.3 is 0 Å². The van der Waals surface area contributed by atoms with E-state index >= 15 is 0 Å².